The molecular weight excluding hydrogens is 314 g/mol. The molecule has 1 N–H and O–H groups in total. The van der Waals surface area contributed by atoms with Gasteiger partial charge in [-0.05, 0) is 36.5 Å². The van der Waals surface area contributed by atoms with Gasteiger partial charge in [0.2, 0.25) is 0 Å². The average Bonchev–Trinajstić information content (AvgIpc) is 3.46. The Labute approximate surface area is 145 Å². The van der Waals surface area contributed by atoms with Crippen LogP contribution in [0, 0.1) is 0 Å². The van der Waals surface area contributed by atoms with Gasteiger partial charge in [-0.3, -0.25) is 4.79 Å². The molecular formula is C19H19N5O. The Morgan fingerprint density at radius 3 is 2.72 bits per heavy atom. The minimum atomic E-state index is -0.226. The minimum absolute atomic E-state index is 0.226. The van der Waals surface area contributed by atoms with Crippen molar-refractivity contribution in [2.75, 3.05) is 24.3 Å². The van der Waals surface area contributed by atoms with E-state index in [4.69, 9.17) is 0 Å². The van der Waals surface area contributed by atoms with Crippen molar-refractivity contribution in [3.05, 3.63) is 54.0 Å². The number of rotatable bonds is 4. The van der Waals surface area contributed by atoms with E-state index < -0.39 is 0 Å². The maximum absolute atomic E-state index is 12.8. The minimum Gasteiger partial charge on any atom is -0.363 e. The third kappa shape index (κ3) is 3.15. The van der Waals surface area contributed by atoms with Crippen molar-refractivity contribution in [2.24, 2.45) is 0 Å². The molecule has 2 aromatic heterocycles. The number of hydrogen-bond donors (Lipinski definition) is 1. The number of pyridine rings is 1. The molecule has 1 aromatic carbocycles. The first kappa shape index (κ1) is 15.5. The summed E-state index contributed by atoms with van der Waals surface area (Å²) in [5, 5.41) is 3.93. The van der Waals surface area contributed by atoms with Crippen molar-refractivity contribution in [2.45, 2.75) is 18.8 Å². The fraction of sp³-hybridized carbons (Fsp3) is 0.263. The number of anilines is 2. The number of benzene rings is 1. The molecule has 1 fully saturated rings. The molecule has 0 bridgehead atoms. The Bertz CT molecular complexity index is 949. The highest BCUT2D eigenvalue weighted by molar-refractivity contribution is 6.05. The molecule has 4 rings (SSSR count). The van der Waals surface area contributed by atoms with Gasteiger partial charge in [-0.2, -0.15) is 0 Å². The third-order valence-electron chi connectivity index (χ3n) is 4.34. The first-order chi connectivity index (χ1) is 12.1. The van der Waals surface area contributed by atoms with Crippen LogP contribution in [0.2, 0.25) is 0 Å². The molecule has 2 heterocycles. The van der Waals surface area contributed by atoms with Gasteiger partial charge in [-0.15, -0.1) is 0 Å². The summed E-state index contributed by atoms with van der Waals surface area (Å²) >= 11 is 0. The predicted molar refractivity (Wildman–Crippen MR) is 98.0 cm³/mol. The van der Waals surface area contributed by atoms with E-state index in [9.17, 15) is 4.79 Å². The number of hydrogen-bond acceptors (Lipinski definition) is 5. The number of amides is 1. The van der Waals surface area contributed by atoms with E-state index in [-0.39, 0.29) is 5.91 Å². The topological polar surface area (TPSA) is 71.0 Å². The van der Waals surface area contributed by atoms with Crippen molar-refractivity contribution >= 4 is 28.4 Å². The second kappa shape index (κ2) is 6.12. The molecule has 126 valence electrons. The Morgan fingerprint density at radius 1 is 1.16 bits per heavy atom. The summed E-state index contributed by atoms with van der Waals surface area (Å²) in [7, 11) is 3.79. The average molecular weight is 333 g/mol. The van der Waals surface area contributed by atoms with Crippen molar-refractivity contribution in [3.63, 3.8) is 0 Å². The molecule has 6 nitrogen and oxygen atoms in total. The SMILES string of the molecule is CN(C)c1cc(NC(=O)c2nc3ccccc3cc2C2CC2)ncn1. The first-order valence-corrected chi connectivity index (χ1v) is 8.32. The lowest BCUT2D eigenvalue weighted by Crippen LogP contribution is -2.18. The summed E-state index contributed by atoms with van der Waals surface area (Å²) in [5.74, 6) is 1.41. The van der Waals surface area contributed by atoms with Gasteiger partial charge in [0.05, 0.1) is 5.52 Å². The van der Waals surface area contributed by atoms with Gasteiger partial charge in [0.25, 0.3) is 5.91 Å². The number of carbonyl (C=O) groups is 1. The number of fused-ring (bicyclic) bond motifs is 1. The van der Waals surface area contributed by atoms with Crippen LogP contribution in [0.1, 0.15) is 34.8 Å². The molecule has 1 amide bonds. The van der Waals surface area contributed by atoms with E-state index in [1.807, 2.05) is 43.3 Å². The Hall–Kier alpha value is -3.02. The zero-order valence-corrected chi connectivity index (χ0v) is 14.2. The van der Waals surface area contributed by atoms with Crippen molar-refractivity contribution < 1.29 is 4.79 Å². The van der Waals surface area contributed by atoms with E-state index in [0.717, 1.165) is 35.1 Å². The predicted octanol–water partition coefficient (Wildman–Crippen LogP) is 3.22. The standard InChI is InChI=1S/C19H19N5O/c1-24(2)17-10-16(20-11-21-17)23-19(25)18-14(12-7-8-12)9-13-5-3-4-6-15(13)22-18/h3-6,9-12H,7-8H2,1-2H3,(H,20,21,23,25). The van der Waals surface area contributed by atoms with Crippen LogP contribution in [-0.2, 0) is 0 Å². The van der Waals surface area contributed by atoms with E-state index >= 15 is 0 Å². The fourth-order valence-electron chi connectivity index (χ4n) is 2.86. The quantitative estimate of drug-likeness (QED) is 0.794. The molecule has 6 heteroatoms. The van der Waals surface area contributed by atoms with Crippen molar-refractivity contribution in [1.82, 2.24) is 15.0 Å². The number of nitrogens with zero attached hydrogens (tertiary/aromatic N) is 4. The van der Waals surface area contributed by atoms with Gasteiger partial charge in [0.1, 0.15) is 23.7 Å². The summed E-state index contributed by atoms with van der Waals surface area (Å²) in [6.07, 6.45) is 3.66. The van der Waals surface area contributed by atoms with Crippen LogP contribution < -0.4 is 10.2 Å². The van der Waals surface area contributed by atoms with E-state index in [2.05, 4.69) is 26.3 Å². The smallest absolute Gasteiger partial charge is 0.275 e. The maximum atomic E-state index is 12.8. The molecule has 1 aliphatic rings. The highest BCUT2D eigenvalue weighted by Crippen LogP contribution is 2.42. The van der Waals surface area contributed by atoms with Gasteiger partial charge in [0, 0.05) is 25.5 Å². The van der Waals surface area contributed by atoms with Gasteiger partial charge in [-0.25, -0.2) is 15.0 Å². The van der Waals surface area contributed by atoms with Crippen molar-refractivity contribution in [1.29, 1.82) is 0 Å². The number of carbonyl (C=O) groups excluding carboxylic acids is 1. The molecule has 0 aliphatic heterocycles. The van der Waals surface area contributed by atoms with Gasteiger partial charge in [0.15, 0.2) is 0 Å². The van der Waals surface area contributed by atoms with Crippen LogP contribution in [-0.4, -0.2) is 35.0 Å². The van der Waals surface area contributed by atoms with E-state index in [1.54, 1.807) is 6.07 Å². The summed E-state index contributed by atoms with van der Waals surface area (Å²) in [5.41, 5.74) is 2.35. The molecule has 3 aromatic rings. The lowest BCUT2D eigenvalue weighted by molar-refractivity contribution is 0.102. The number of nitrogens with one attached hydrogen (secondary N) is 1. The lowest BCUT2D eigenvalue weighted by Gasteiger charge is -2.13. The van der Waals surface area contributed by atoms with Gasteiger partial charge >= 0.3 is 0 Å². The van der Waals surface area contributed by atoms with Crippen LogP contribution in [0.3, 0.4) is 0 Å². The van der Waals surface area contributed by atoms with Crippen LogP contribution in [0.25, 0.3) is 10.9 Å². The monoisotopic (exact) mass is 333 g/mol. The molecule has 0 unspecified atom stereocenters. The summed E-state index contributed by atoms with van der Waals surface area (Å²) in [4.78, 5) is 27.6. The van der Waals surface area contributed by atoms with Gasteiger partial charge < -0.3 is 10.2 Å². The first-order valence-electron chi connectivity index (χ1n) is 8.32. The molecule has 1 aliphatic carbocycles. The highest BCUT2D eigenvalue weighted by Gasteiger charge is 2.29. The number of para-hydroxylation sites is 1. The Kier molecular flexibility index (Phi) is 3.80. The Morgan fingerprint density at radius 2 is 1.96 bits per heavy atom. The van der Waals surface area contributed by atoms with Crippen molar-refractivity contribution in [3.8, 4) is 0 Å². The second-order valence-electron chi connectivity index (χ2n) is 6.50. The lowest BCUT2D eigenvalue weighted by atomic mass is 10.0. The Balaban J connectivity index is 1.69. The molecule has 0 atom stereocenters. The molecule has 25 heavy (non-hydrogen) atoms. The van der Waals surface area contributed by atoms with Crippen LogP contribution in [0.15, 0.2) is 42.7 Å². The molecule has 0 saturated heterocycles. The zero-order valence-electron chi connectivity index (χ0n) is 14.2. The zero-order chi connectivity index (χ0) is 17.4. The molecule has 0 radical (unpaired) electrons. The highest BCUT2D eigenvalue weighted by atomic mass is 16.1. The second-order valence-corrected chi connectivity index (χ2v) is 6.50. The third-order valence-corrected chi connectivity index (χ3v) is 4.34. The molecule has 1 saturated carbocycles. The van der Waals surface area contributed by atoms with E-state index in [0.29, 0.717) is 17.4 Å². The maximum Gasteiger partial charge on any atom is 0.275 e. The normalized spacial score (nSPS) is 13.7. The fourth-order valence-corrected chi connectivity index (χ4v) is 2.86. The van der Waals surface area contributed by atoms with E-state index in [1.165, 1.54) is 6.33 Å². The van der Waals surface area contributed by atoms with Crippen LogP contribution in [0.5, 0.6) is 0 Å². The summed E-state index contributed by atoms with van der Waals surface area (Å²) < 4.78 is 0. The summed E-state index contributed by atoms with van der Waals surface area (Å²) in [6, 6.07) is 11.7. The number of aromatic nitrogens is 3. The van der Waals surface area contributed by atoms with Crippen LogP contribution >= 0.6 is 0 Å². The molecule has 0 spiro atoms. The largest absolute Gasteiger partial charge is 0.363 e. The van der Waals surface area contributed by atoms with Crippen LogP contribution in [0.4, 0.5) is 11.6 Å². The summed E-state index contributed by atoms with van der Waals surface area (Å²) in [6.45, 7) is 0. The van der Waals surface area contributed by atoms with Gasteiger partial charge in [-0.1, -0.05) is 18.2 Å².